The normalized spacial score (nSPS) is 10.4. The van der Waals surface area contributed by atoms with E-state index in [4.69, 9.17) is 4.74 Å². The Hall–Kier alpha value is -0.290. The van der Waals surface area contributed by atoms with Crippen molar-refractivity contribution in [1.82, 2.24) is 5.32 Å². The molecule has 1 N–H and O–H groups in total. The van der Waals surface area contributed by atoms with Gasteiger partial charge in [-0.15, -0.1) is 0 Å². The van der Waals surface area contributed by atoms with Crippen molar-refractivity contribution >= 4 is 22.6 Å². The van der Waals surface area contributed by atoms with E-state index in [1.165, 1.54) is 28.4 Å². The van der Waals surface area contributed by atoms with Gasteiger partial charge in [0.1, 0.15) is 5.75 Å². The fraction of sp³-hybridized carbons (Fsp3) is 0.538. The van der Waals surface area contributed by atoms with Crippen molar-refractivity contribution in [3.8, 4) is 5.75 Å². The maximum Gasteiger partial charge on any atom is 0.122 e. The Labute approximate surface area is 112 Å². The van der Waals surface area contributed by atoms with Crippen LogP contribution in [0.25, 0.3) is 0 Å². The van der Waals surface area contributed by atoms with E-state index < -0.39 is 0 Å². The average molecular weight is 333 g/mol. The third-order valence-electron chi connectivity index (χ3n) is 2.62. The molecule has 0 aliphatic heterocycles. The van der Waals surface area contributed by atoms with Crippen LogP contribution in [-0.2, 0) is 6.42 Å². The van der Waals surface area contributed by atoms with E-state index in [-0.39, 0.29) is 0 Å². The van der Waals surface area contributed by atoms with E-state index in [0.29, 0.717) is 0 Å². The first kappa shape index (κ1) is 13.8. The summed E-state index contributed by atoms with van der Waals surface area (Å²) in [4.78, 5) is 0. The summed E-state index contributed by atoms with van der Waals surface area (Å²) in [5, 5.41) is 3.17. The molecule has 16 heavy (non-hydrogen) atoms. The second kappa shape index (κ2) is 7.90. The first-order valence-corrected chi connectivity index (χ1v) is 6.83. The second-order valence-corrected chi connectivity index (χ2v) is 5.12. The van der Waals surface area contributed by atoms with Crippen molar-refractivity contribution < 1.29 is 4.74 Å². The highest BCUT2D eigenvalue weighted by atomic mass is 127. The van der Waals surface area contributed by atoms with Gasteiger partial charge >= 0.3 is 0 Å². The van der Waals surface area contributed by atoms with Gasteiger partial charge in [0.25, 0.3) is 0 Å². The maximum absolute atomic E-state index is 5.36. The van der Waals surface area contributed by atoms with E-state index in [1.807, 2.05) is 7.05 Å². The second-order valence-electron chi connectivity index (χ2n) is 3.87. The molecule has 0 aliphatic carbocycles. The van der Waals surface area contributed by atoms with Gasteiger partial charge in [0.2, 0.25) is 0 Å². The number of nitrogens with one attached hydrogen (secondary N) is 1. The lowest BCUT2D eigenvalue weighted by molar-refractivity contribution is 0.408. The van der Waals surface area contributed by atoms with Crippen LogP contribution in [0.3, 0.4) is 0 Å². The van der Waals surface area contributed by atoms with Crippen molar-refractivity contribution in [2.24, 2.45) is 0 Å². The number of aryl methyl sites for hydroxylation is 1. The average Bonchev–Trinajstić information content (AvgIpc) is 2.29. The number of unbranched alkanes of at least 4 members (excludes halogenated alkanes) is 2. The van der Waals surface area contributed by atoms with Gasteiger partial charge in [0.15, 0.2) is 0 Å². The highest BCUT2D eigenvalue weighted by molar-refractivity contribution is 14.1. The van der Waals surface area contributed by atoms with Crippen LogP contribution in [0.15, 0.2) is 18.2 Å². The molecule has 0 bridgehead atoms. The van der Waals surface area contributed by atoms with Crippen molar-refractivity contribution in [3.05, 3.63) is 27.3 Å². The Bertz CT molecular complexity index is 315. The topological polar surface area (TPSA) is 21.3 Å². The zero-order valence-corrected chi connectivity index (χ0v) is 12.2. The molecule has 0 heterocycles. The number of hydrogen-bond donors (Lipinski definition) is 1. The van der Waals surface area contributed by atoms with Crippen molar-refractivity contribution in [2.45, 2.75) is 25.7 Å². The molecule has 0 saturated heterocycles. The molecule has 0 fully saturated rings. The van der Waals surface area contributed by atoms with E-state index in [2.05, 4.69) is 46.1 Å². The van der Waals surface area contributed by atoms with E-state index in [1.54, 1.807) is 7.11 Å². The van der Waals surface area contributed by atoms with E-state index in [0.717, 1.165) is 18.7 Å². The molecule has 0 radical (unpaired) electrons. The summed E-state index contributed by atoms with van der Waals surface area (Å²) in [5.41, 5.74) is 1.33. The van der Waals surface area contributed by atoms with Gasteiger partial charge in [-0.1, -0.05) is 6.42 Å². The minimum atomic E-state index is 1.02. The third kappa shape index (κ3) is 4.70. The molecule has 0 aliphatic rings. The van der Waals surface area contributed by atoms with Crippen molar-refractivity contribution in [2.75, 3.05) is 20.7 Å². The number of benzene rings is 1. The largest absolute Gasteiger partial charge is 0.496 e. The lowest BCUT2D eigenvalue weighted by Gasteiger charge is -2.08. The van der Waals surface area contributed by atoms with Gasteiger partial charge in [-0.2, -0.15) is 0 Å². The fourth-order valence-corrected chi connectivity index (χ4v) is 2.29. The lowest BCUT2D eigenvalue weighted by Crippen LogP contribution is -2.07. The molecule has 0 atom stereocenters. The van der Waals surface area contributed by atoms with Gasteiger partial charge < -0.3 is 10.1 Å². The first-order chi connectivity index (χ1) is 7.77. The molecule has 90 valence electrons. The van der Waals surface area contributed by atoms with Gasteiger partial charge in [-0.25, -0.2) is 0 Å². The van der Waals surface area contributed by atoms with Crippen LogP contribution >= 0.6 is 22.6 Å². The molecule has 3 heteroatoms. The minimum absolute atomic E-state index is 1.02. The summed E-state index contributed by atoms with van der Waals surface area (Å²) in [6, 6.07) is 6.37. The molecular weight excluding hydrogens is 313 g/mol. The van der Waals surface area contributed by atoms with Crippen LogP contribution in [0.2, 0.25) is 0 Å². The molecule has 1 aromatic carbocycles. The Morgan fingerprint density at radius 2 is 2.06 bits per heavy atom. The summed E-state index contributed by atoms with van der Waals surface area (Å²) in [7, 11) is 3.75. The summed E-state index contributed by atoms with van der Waals surface area (Å²) in [6.07, 6.45) is 4.88. The standard InChI is InChI=1S/C13H20INO/c1-15-9-5-3-4-6-11-10-12(14)7-8-13(11)16-2/h7-8,10,15H,3-6,9H2,1-2H3. The van der Waals surface area contributed by atoms with Gasteiger partial charge in [0, 0.05) is 3.57 Å². The number of methoxy groups -OCH3 is 1. The summed E-state index contributed by atoms with van der Waals surface area (Å²) < 4.78 is 6.64. The molecule has 1 rings (SSSR count). The highest BCUT2D eigenvalue weighted by Gasteiger charge is 2.03. The monoisotopic (exact) mass is 333 g/mol. The van der Waals surface area contributed by atoms with Crippen LogP contribution in [0, 0.1) is 3.57 Å². The molecule has 0 saturated carbocycles. The Morgan fingerprint density at radius 3 is 2.75 bits per heavy atom. The Morgan fingerprint density at radius 1 is 1.25 bits per heavy atom. The quantitative estimate of drug-likeness (QED) is 0.611. The van der Waals surface area contributed by atoms with Gasteiger partial charge in [-0.3, -0.25) is 0 Å². The number of halogens is 1. The maximum atomic E-state index is 5.36. The Balaban J connectivity index is 2.42. The van der Waals surface area contributed by atoms with E-state index in [9.17, 15) is 0 Å². The first-order valence-electron chi connectivity index (χ1n) is 5.75. The minimum Gasteiger partial charge on any atom is -0.496 e. The molecule has 0 amide bonds. The predicted octanol–water partition coefficient (Wildman–Crippen LogP) is 3.23. The van der Waals surface area contributed by atoms with Crippen molar-refractivity contribution in [3.63, 3.8) is 0 Å². The molecule has 0 unspecified atom stereocenters. The van der Waals surface area contributed by atoms with Gasteiger partial charge in [-0.05, 0) is 79.2 Å². The van der Waals surface area contributed by atoms with Crippen LogP contribution in [0.5, 0.6) is 5.75 Å². The number of hydrogen-bond acceptors (Lipinski definition) is 2. The molecule has 2 nitrogen and oxygen atoms in total. The molecule has 0 aromatic heterocycles. The molecule has 1 aromatic rings. The molecule has 0 spiro atoms. The smallest absolute Gasteiger partial charge is 0.122 e. The van der Waals surface area contributed by atoms with Crippen LogP contribution in [-0.4, -0.2) is 20.7 Å². The van der Waals surface area contributed by atoms with Crippen LogP contribution < -0.4 is 10.1 Å². The number of rotatable bonds is 7. The predicted molar refractivity (Wildman–Crippen MR) is 77.2 cm³/mol. The fourth-order valence-electron chi connectivity index (χ4n) is 1.74. The summed E-state index contributed by atoms with van der Waals surface area (Å²) in [5.74, 6) is 1.02. The molecular formula is C13H20INO. The highest BCUT2D eigenvalue weighted by Crippen LogP contribution is 2.22. The lowest BCUT2D eigenvalue weighted by atomic mass is 10.1. The number of ether oxygens (including phenoxy) is 1. The van der Waals surface area contributed by atoms with Crippen molar-refractivity contribution in [1.29, 1.82) is 0 Å². The zero-order valence-electron chi connectivity index (χ0n) is 10.1. The summed E-state index contributed by atoms with van der Waals surface area (Å²) in [6.45, 7) is 1.11. The zero-order chi connectivity index (χ0) is 11.8. The van der Waals surface area contributed by atoms with Crippen LogP contribution in [0.1, 0.15) is 24.8 Å². The Kier molecular flexibility index (Phi) is 6.80. The third-order valence-corrected chi connectivity index (χ3v) is 3.29. The summed E-state index contributed by atoms with van der Waals surface area (Å²) >= 11 is 2.35. The SMILES string of the molecule is CNCCCCCc1cc(I)ccc1OC. The van der Waals surface area contributed by atoms with E-state index >= 15 is 0 Å². The van der Waals surface area contributed by atoms with Crippen LogP contribution in [0.4, 0.5) is 0 Å². The van der Waals surface area contributed by atoms with Gasteiger partial charge in [0.05, 0.1) is 7.11 Å².